The number of aliphatic hydroxyl groups is 1. The largest absolute Gasteiger partial charge is 0.493 e. The van der Waals surface area contributed by atoms with Crippen LogP contribution >= 0.6 is 22.7 Å². The molecule has 5 heterocycles. The number of carboxylic acid groups (broad SMARTS) is 1. The molecule has 0 bridgehead atoms. The molecule has 18 heteroatoms. The Hall–Kier alpha value is -7.54. The van der Waals surface area contributed by atoms with E-state index in [0.717, 1.165) is 74.3 Å². The van der Waals surface area contributed by atoms with Gasteiger partial charge in [0.05, 0.1) is 45.1 Å². The zero-order chi connectivity index (χ0) is 56.0. The van der Waals surface area contributed by atoms with Crippen molar-refractivity contribution >= 4 is 73.4 Å². The Morgan fingerprint density at radius 2 is 1.61 bits per heavy atom. The van der Waals surface area contributed by atoms with Gasteiger partial charge in [-0.3, -0.25) is 24.5 Å². The van der Waals surface area contributed by atoms with Gasteiger partial charge in [-0.05, 0) is 115 Å². The number of fused-ring (bicyclic) bond motifs is 2. The molecule has 1 fully saturated rings. The van der Waals surface area contributed by atoms with Crippen LogP contribution in [0.25, 0.3) is 31.8 Å². The third kappa shape index (κ3) is 13.2. The summed E-state index contributed by atoms with van der Waals surface area (Å²) in [6.45, 7) is 12.8. The Kier molecular flexibility index (Phi) is 17.5. The predicted molar refractivity (Wildman–Crippen MR) is 310 cm³/mol. The number of carboxylic acids is 1. The molecule has 412 valence electrons. The van der Waals surface area contributed by atoms with E-state index >= 15 is 0 Å². The quantitative estimate of drug-likeness (QED) is 0.0451. The molecule has 4 amide bonds. The Bertz CT molecular complexity index is 3340. The van der Waals surface area contributed by atoms with Gasteiger partial charge in [-0.15, -0.1) is 11.3 Å². The van der Waals surface area contributed by atoms with Gasteiger partial charge >= 0.3 is 5.97 Å². The van der Waals surface area contributed by atoms with E-state index < -0.39 is 35.5 Å². The van der Waals surface area contributed by atoms with Crippen LogP contribution in [0.15, 0.2) is 103 Å². The molecule has 0 spiro atoms. The normalized spacial score (nSPS) is 16.0. The minimum atomic E-state index is -1.15. The minimum Gasteiger partial charge on any atom is -0.493 e. The van der Waals surface area contributed by atoms with Crippen molar-refractivity contribution in [3.05, 3.63) is 142 Å². The van der Waals surface area contributed by atoms with Gasteiger partial charge in [0.15, 0.2) is 10.8 Å². The lowest BCUT2D eigenvalue weighted by molar-refractivity contribution is -0.144. The molecule has 0 aliphatic carbocycles. The van der Waals surface area contributed by atoms with E-state index in [0.29, 0.717) is 65.9 Å². The van der Waals surface area contributed by atoms with Crippen LogP contribution in [0.1, 0.15) is 127 Å². The summed E-state index contributed by atoms with van der Waals surface area (Å²) in [5.41, 5.74) is 9.25. The number of amides is 4. The van der Waals surface area contributed by atoms with Crippen molar-refractivity contribution in [1.29, 1.82) is 0 Å². The third-order valence-corrected chi connectivity index (χ3v) is 16.8. The first-order valence-corrected chi connectivity index (χ1v) is 28.7. The topological polar surface area (TPSA) is 216 Å². The number of unbranched alkanes of at least 4 members (excludes halogenated alkanes) is 4. The van der Waals surface area contributed by atoms with Crippen LogP contribution in [0.4, 0.5) is 10.9 Å². The number of β-amino-alcohol motifs (C(OH)–C–C–N with tert-alkyl or cyclic N) is 1. The molecule has 1 saturated heterocycles. The highest BCUT2D eigenvalue weighted by Crippen LogP contribution is 2.36. The molecule has 5 N–H and O–H groups in total. The summed E-state index contributed by atoms with van der Waals surface area (Å²) in [5, 5.41) is 30.7. The summed E-state index contributed by atoms with van der Waals surface area (Å²) in [6, 6.07) is 28.5. The number of anilines is 2. The average molecular weight is 1110 g/mol. The van der Waals surface area contributed by atoms with Crippen LogP contribution in [0.5, 0.6) is 5.75 Å². The fourth-order valence-electron chi connectivity index (χ4n) is 10.5. The lowest BCUT2D eigenvalue weighted by atomic mass is 9.85. The number of benzene rings is 4. The van der Waals surface area contributed by atoms with Crippen molar-refractivity contribution in [2.75, 3.05) is 29.9 Å². The highest BCUT2D eigenvalue weighted by atomic mass is 32.1. The molecule has 0 radical (unpaired) electrons. The Balaban J connectivity index is 0.732. The molecular weight excluding hydrogens is 1040 g/mol. The maximum atomic E-state index is 14.2. The summed E-state index contributed by atoms with van der Waals surface area (Å²) in [5.74, 6) is -1.25. The molecule has 2 aliphatic heterocycles. The molecular formula is C61H68N8O8S2. The number of carbonyl (C=O) groups excluding carboxylic acids is 4. The maximum Gasteiger partial charge on any atom is 0.355 e. The molecule has 4 atom stereocenters. The summed E-state index contributed by atoms with van der Waals surface area (Å²) in [4.78, 5) is 85.9. The van der Waals surface area contributed by atoms with Gasteiger partial charge in [0.1, 0.15) is 23.7 Å². The van der Waals surface area contributed by atoms with Gasteiger partial charge in [-0.25, -0.2) is 19.7 Å². The maximum absolute atomic E-state index is 14.2. The predicted octanol–water partition coefficient (Wildman–Crippen LogP) is 10.7. The van der Waals surface area contributed by atoms with E-state index in [1.165, 1.54) is 16.2 Å². The number of aromatic nitrogens is 3. The van der Waals surface area contributed by atoms with E-state index in [9.17, 15) is 34.2 Å². The number of hydrogen-bond donors (Lipinski definition) is 5. The number of likely N-dealkylation sites (tertiary alicyclic amines) is 1. The number of carbonyl (C=O) groups is 5. The standard InChI is InChI=1S/C61H68N8O8S2/c1-36-43(44-27-28-51(65-53(44)59(75)76)68-30-29-40-16-14-18-45(46(40)34-68)56(72)67-60-64-47-19-11-12-21-50(47)79-60)17-15-20-49(36)77-31-13-9-7-8-10-22-52(71)66-55(61(4,5)6)58(74)69-33-42(70)32-48(69)57(73)63-37(2)39-23-25-41(26-24-39)54-38(3)62-35-78-54/h11-12,14-21,23-28,35,37,42,48,55,70H,7-10,13,22,29-34H2,1-6H3,(H,63,73)(H,66,71)(H,75,76)(H,64,67,72)/t37?,42-,48+,55?/m1/s1. The Morgan fingerprint density at radius 3 is 2.35 bits per heavy atom. The SMILES string of the molecule is Cc1ncsc1-c1ccc(C(C)NC(=O)[C@@H]2C[C@@H](O)CN2C(=O)C(NC(=O)CCCCCCCOc2cccc(-c3ccc(N4CCc5cccc(C(=O)Nc6nc7ccccc7s6)c5C4)nc3C(=O)O)c2C)C(C)(C)C)cc1. The second kappa shape index (κ2) is 24.6. The number of hydrogen-bond acceptors (Lipinski definition) is 13. The zero-order valence-electron chi connectivity index (χ0n) is 45.5. The highest BCUT2D eigenvalue weighted by Gasteiger charge is 2.45. The lowest BCUT2D eigenvalue weighted by Crippen LogP contribution is -2.57. The minimum absolute atomic E-state index is 0.00180. The highest BCUT2D eigenvalue weighted by molar-refractivity contribution is 7.22. The van der Waals surface area contributed by atoms with Crippen molar-refractivity contribution in [2.24, 2.45) is 5.41 Å². The second-order valence-electron chi connectivity index (χ2n) is 21.6. The first-order chi connectivity index (χ1) is 37.9. The smallest absolute Gasteiger partial charge is 0.355 e. The second-order valence-corrected chi connectivity index (χ2v) is 23.5. The Morgan fingerprint density at radius 1 is 0.848 bits per heavy atom. The van der Waals surface area contributed by atoms with Crippen LogP contribution in [0.3, 0.4) is 0 Å². The van der Waals surface area contributed by atoms with Crippen molar-refractivity contribution in [1.82, 2.24) is 30.5 Å². The van der Waals surface area contributed by atoms with Gasteiger partial charge in [0, 0.05) is 43.6 Å². The Labute approximate surface area is 468 Å². The van der Waals surface area contributed by atoms with Gasteiger partial charge in [0.25, 0.3) is 5.91 Å². The fourth-order valence-corrected chi connectivity index (χ4v) is 12.2. The van der Waals surface area contributed by atoms with Gasteiger partial charge in [-0.2, -0.15) is 0 Å². The number of thiazole rings is 2. The van der Waals surface area contributed by atoms with E-state index in [2.05, 4.69) is 25.9 Å². The number of aliphatic hydroxyl groups excluding tert-OH is 1. The van der Waals surface area contributed by atoms with Crippen LogP contribution < -0.4 is 25.6 Å². The number of pyridine rings is 1. The van der Waals surface area contributed by atoms with Crippen molar-refractivity contribution in [3.63, 3.8) is 0 Å². The number of aromatic carboxylic acids is 1. The molecule has 2 unspecified atom stereocenters. The molecule has 2 aliphatic rings. The van der Waals surface area contributed by atoms with Crippen LogP contribution in [0.2, 0.25) is 0 Å². The van der Waals surface area contributed by atoms with E-state index in [1.54, 1.807) is 23.5 Å². The molecule has 0 saturated carbocycles. The number of ether oxygens (including phenoxy) is 1. The third-order valence-electron chi connectivity index (χ3n) is 14.9. The van der Waals surface area contributed by atoms with Crippen molar-refractivity contribution in [3.8, 4) is 27.3 Å². The zero-order valence-corrected chi connectivity index (χ0v) is 47.1. The molecule has 4 aromatic carbocycles. The number of nitrogens with zero attached hydrogens (tertiary/aromatic N) is 5. The summed E-state index contributed by atoms with van der Waals surface area (Å²) in [7, 11) is 0. The number of aryl methyl sites for hydroxylation is 1. The van der Waals surface area contributed by atoms with E-state index in [-0.39, 0.29) is 48.8 Å². The van der Waals surface area contributed by atoms with Crippen molar-refractivity contribution in [2.45, 2.75) is 124 Å². The number of nitrogens with one attached hydrogen (secondary N) is 3. The van der Waals surface area contributed by atoms with Crippen LogP contribution in [0, 0.1) is 19.3 Å². The van der Waals surface area contributed by atoms with Gasteiger partial charge < -0.3 is 35.4 Å². The number of para-hydroxylation sites is 1. The summed E-state index contributed by atoms with van der Waals surface area (Å²) >= 11 is 2.99. The first-order valence-electron chi connectivity index (χ1n) is 27.0. The summed E-state index contributed by atoms with van der Waals surface area (Å²) < 4.78 is 7.23. The molecule has 7 aromatic rings. The monoisotopic (exact) mass is 1100 g/mol. The number of rotatable bonds is 20. The molecule has 3 aromatic heterocycles. The van der Waals surface area contributed by atoms with Gasteiger partial charge in [-0.1, -0.05) is 112 Å². The van der Waals surface area contributed by atoms with Crippen LogP contribution in [-0.2, 0) is 27.3 Å². The summed E-state index contributed by atoms with van der Waals surface area (Å²) in [6.07, 6.45) is 4.06. The fraction of sp³-hybridized carbons (Fsp3) is 0.377. The van der Waals surface area contributed by atoms with E-state index in [1.807, 2.05) is 137 Å². The van der Waals surface area contributed by atoms with E-state index in [4.69, 9.17) is 9.72 Å². The molecule has 9 rings (SSSR count). The lowest BCUT2D eigenvalue weighted by Gasteiger charge is -2.35. The molecule has 79 heavy (non-hydrogen) atoms. The van der Waals surface area contributed by atoms with Gasteiger partial charge in [0.2, 0.25) is 17.7 Å². The average Bonchev–Trinajstić information content (AvgIpc) is 4.29. The molecule has 16 nitrogen and oxygen atoms in total. The van der Waals surface area contributed by atoms with Crippen molar-refractivity contribution < 1.29 is 38.9 Å². The first kappa shape index (κ1) is 56.2. The van der Waals surface area contributed by atoms with Crippen LogP contribution in [-0.4, -0.2) is 97.5 Å².